The van der Waals surface area contributed by atoms with Gasteiger partial charge in [-0.2, -0.15) is 0 Å². The standard InChI is InChI=1S/C33H35NO6S/c1-20-6-16-25(17-7-20)41(36,37)34-29(22-10-14-24(39-4)15-11-22)19-27-28-18-26(21-8-12-23(38-3)13-9-21)30(32(35)31(27)34)33(28,2)40-5/h6-17,19,26,28,30,32,35H,18H2,1-5H3/t26-,28-,30-,32-,33+/m1/s1. The molecule has 8 heteroatoms. The number of fused-ring (bicyclic) bond motifs is 4. The van der Waals surface area contributed by atoms with Crippen LogP contribution in [0.15, 0.2) is 83.8 Å². The van der Waals surface area contributed by atoms with Crippen LogP contribution in [0.4, 0.5) is 0 Å². The number of benzene rings is 3. The SMILES string of the molecule is COc1ccc(-c2cc3c(n2S(=O)(=O)c2ccc(C)cc2)[C@H](O)[C@H]2[C@@H](c4ccc(OC)cc4)C[C@H]3[C@]2(C)OC)cc1. The van der Waals surface area contributed by atoms with Crippen molar-refractivity contribution in [2.45, 2.75) is 48.7 Å². The summed E-state index contributed by atoms with van der Waals surface area (Å²) in [7, 11) is 0.838. The van der Waals surface area contributed by atoms with Gasteiger partial charge in [-0.25, -0.2) is 12.4 Å². The number of rotatable bonds is 7. The van der Waals surface area contributed by atoms with Crippen molar-refractivity contribution < 1.29 is 27.7 Å². The molecule has 3 aromatic carbocycles. The monoisotopic (exact) mass is 573 g/mol. The van der Waals surface area contributed by atoms with Crippen molar-refractivity contribution in [2.24, 2.45) is 5.92 Å². The molecule has 0 radical (unpaired) electrons. The number of nitrogens with zero attached hydrogens (tertiary/aromatic N) is 1. The molecular weight excluding hydrogens is 538 g/mol. The van der Waals surface area contributed by atoms with Gasteiger partial charge < -0.3 is 19.3 Å². The molecule has 1 aromatic heterocycles. The largest absolute Gasteiger partial charge is 0.497 e. The highest BCUT2D eigenvalue weighted by molar-refractivity contribution is 7.90. The Morgan fingerprint density at radius 2 is 1.46 bits per heavy atom. The summed E-state index contributed by atoms with van der Waals surface area (Å²) in [5, 5.41) is 12.2. The summed E-state index contributed by atoms with van der Waals surface area (Å²) in [4.78, 5) is 0.169. The third-order valence-corrected chi connectivity index (χ3v) is 11.0. The Balaban J connectivity index is 1.57. The lowest BCUT2D eigenvalue weighted by Crippen LogP contribution is -2.45. The first-order chi connectivity index (χ1) is 19.6. The average molecular weight is 574 g/mol. The van der Waals surface area contributed by atoms with Gasteiger partial charge in [0.25, 0.3) is 10.0 Å². The van der Waals surface area contributed by atoms with E-state index >= 15 is 0 Å². The second-order valence-corrected chi connectivity index (χ2v) is 13.0. The van der Waals surface area contributed by atoms with Crippen molar-refractivity contribution in [3.63, 3.8) is 0 Å². The number of hydrogen-bond donors (Lipinski definition) is 1. The fourth-order valence-corrected chi connectivity index (χ4v) is 8.59. The van der Waals surface area contributed by atoms with Crippen molar-refractivity contribution in [3.05, 3.63) is 101 Å². The Kier molecular flexibility index (Phi) is 6.76. The van der Waals surface area contributed by atoms with Gasteiger partial charge in [-0.3, -0.25) is 0 Å². The van der Waals surface area contributed by atoms with Crippen LogP contribution in [0.1, 0.15) is 53.7 Å². The molecule has 2 bridgehead atoms. The first-order valence-electron chi connectivity index (χ1n) is 13.7. The predicted molar refractivity (Wildman–Crippen MR) is 157 cm³/mol. The Labute approximate surface area is 241 Å². The smallest absolute Gasteiger partial charge is 0.268 e. The highest BCUT2D eigenvalue weighted by Gasteiger charge is 2.61. The lowest BCUT2D eigenvalue weighted by molar-refractivity contribution is -0.0934. The van der Waals surface area contributed by atoms with E-state index < -0.39 is 21.7 Å². The maximum Gasteiger partial charge on any atom is 0.268 e. The topological polar surface area (TPSA) is 87.0 Å². The number of ether oxygens (including phenoxy) is 3. The van der Waals surface area contributed by atoms with E-state index in [4.69, 9.17) is 14.2 Å². The molecular formula is C33H35NO6S. The molecule has 1 fully saturated rings. The highest BCUT2D eigenvalue weighted by atomic mass is 32.2. The Morgan fingerprint density at radius 3 is 2.02 bits per heavy atom. The molecule has 7 nitrogen and oxygen atoms in total. The minimum Gasteiger partial charge on any atom is -0.497 e. The van der Waals surface area contributed by atoms with Crippen molar-refractivity contribution in [2.75, 3.05) is 21.3 Å². The summed E-state index contributed by atoms with van der Waals surface area (Å²) in [6.45, 7) is 3.96. The third kappa shape index (κ3) is 4.19. The Morgan fingerprint density at radius 1 is 0.878 bits per heavy atom. The van der Waals surface area contributed by atoms with E-state index in [1.807, 2.05) is 68.4 Å². The van der Waals surface area contributed by atoms with Gasteiger partial charge in [0.05, 0.1) is 36.1 Å². The number of aliphatic hydroxyl groups is 1. The van der Waals surface area contributed by atoms with E-state index in [9.17, 15) is 13.5 Å². The molecule has 0 spiro atoms. The summed E-state index contributed by atoms with van der Waals surface area (Å²) in [6.07, 6.45) is -0.379. The predicted octanol–water partition coefficient (Wildman–Crippen LogP) is 6.06. The molecule has 5 atom stereocenters. The van der Waals surface area contributed by atoms with Gasteiger partial charge in [-0.1, -0.05) is 29.8 Å². The molecule has 0 saturated heterocycles. The van der Waals surface area contributed by atoms with Crippen LogP contribution in [0.5, 0.6) is 11.5 Å². The molecule has 1 heterocycles. The average Bonchev–Trinajstić information content (AvgIpc) is 3.50. The van der Waals surface area contributed by atoms with Crippen LogP contribution >= 0.6 is 0 Å². The zero-order valence-electron chi connectivity index (χ0n) is 23.9. The Bertz CT molecular complexity index is 1680. The molecule has 2 aliphatic carbocycles. The Hall–Kier alpha value is -3.59. The van der Waals surface area contributed by atoms with Crippen molar-refractivity contribution in [1.29, 1.82) is 0 Å². The molecule has 6 rings (SSSR count). The van der Waals surface area contributed by atoms with Gasteiger partial charge in [0, 0.05) is 18.9 Å². The number of aromatic nitrogens is 1. The summed E-state index contributed by atoms with van der Waals surface area (Å²) < 4.78 is 47.1. The van der Waals surface area contributed by atoms with Crippen molar-refractivity contribution in [3.8, 4) is 22.8 Å². The van der Waals surface area contributed by atoms with Crippen LogP contribution in [0.3, 0.4) is 0 Å². The van der Waals surface area contributed by atoms with Crippen molar-refractivity contribution in [1.82, 2.24) is 3.97 Å². The zero-order chi connectivity index (χ0) is 29.1. The van der Waals surface area contributed by atoms with Gasteiger partial charge in [-0.05, 0) is 97.5 Å². The van der Waals surface area contributed by atoms with E-state index in [1.54, 1.807) is 45.6 Å². The lowest BCUT2D eigenvalue weighted by atomic mass is 9.71. The summed E-state index contributed by atoms with van der Waals surface area (Å²) >= 11 is 0. The molecule has 41 heavy (non-hydrogen) atoms. The van der Waals surface area contributed by atoms with Crippen LogP contribution < -0.4 is 9.47 Å². The minimum atomic E-state index is -4.07. The quantitative estimate of drug-likeness (QED) is 0.289. The van der Waals surface area contributed by atoms with Crippen LogP contribution in [-0.4, -0.2) is 44.4 Å². The number of aryl methyl sites for hydroxylation is 1. The van der Waals surface area contributed by atoms with Crippen LogP contribution in [0.2, 0.25) is 0 Å². The molecule has 0 unspecified atom stereocenters. The zero-order valence-corrected chi connectivity index (χ0v) is 24.7. The van der Waals surface area contributed by atoms with Crippen LogP contribution in [0.25, 0.3) is 11.3 Å². The first-order valence-corrected chi connectivity index (χ1v) is 15.2. The molecule has 1 N–H and O–H groups in total. The second-order valence-electron chi connectivity index (χ2n) is 11.2. The molecule has 214 valence electrons. The summed E-state index contributed by atoms with van der Waals surface area (Å²) in [6, 6.07) is 24.0. The molecule has 4 aromatic rings. The fraction of sp³-hybridized carbons (Fsp3) is 0.333. The van der Waals surface area contributed by atoms with Gasteiger partial charge in [0.2, 0.25) is 0 Å². The van der Waals surface area contributed by atoms with Gasteiger partial charge >= 0.3 is 0 Å². The summed E-state index contributed by atoms with van der Waals surface area (Å²) in [5.41, 5.74) is 3.76. The van der Waals surface area contributed by atoms with Crippen molar-refractivity contribution >= 4 is 10.0 Å². The maximum absolute atomic E-state index is 14.4. The highest BCUT2D eigenvalue weighted by Crippen LogP contribution is 2.64. The van der Waals surface area contributed by atoms with E-state index in [-0.39, 0.29) is 22.6 Å². The van der Waals surface area contributed by atoms with Crippen LogP contribution in [0, 0.1) is 12.8 Å². The fourth-order valence-electron chi connectivity index (χ4n) is 7.01. The van der Waals surface area contributed by atoms with E-state index in [0.717, 1.165) is 22.4 Å². The molecule has 2 aliphatic rings. The number of aliphatic hydroxyl groups excluding tert-OH is 1. The minimum absolute atomic E-state index is 0.0433. The third-order valence-electron chi connectivity index (χ3n) is 9.23. The molecule has 0 aliphatic heterocycles. The van der Waals surface area contributed by atoms with E-state index in [0.29, 0.717) is 29.1 Å². The van der Waals surface area contributed by atoms with Gasteiger partial charge in [0.1, 0.15) is 17.6 Å². The lowest BCUT2D eigenvalue weighted by Gasteiger charge is -2.43. The second kappa shape index (κ2) is 10.0. The van der Waals surface area contributed by atoms with Crippen LogP contribution in [-0.2, 0) is 14.8 Å². The molecule has 0 amide bonds. The van der Waals surface area contributed by atoms with E-state index in [2.05, 4.69) is 0 Å². The first kappa shape index (κ1) is 27.6. The summed E-state index contributed by atoms with van der Waals surface area (Å²) in [5.74, 6) is 0.885. The molecule has 1 saturated carbocycles. The van der Waals surface area contributed by atoms with Gasteiger partial charge in [-0.15, -0.1) is 0 Å². The number of hydrogen-bond acceptors (Lipinski definition) is 6. The normalized spacial score (nSPS) is 25.1. The van der Waals surface area contributed by atoms with E-state index in [1.165, 1.54) is 3.97 Å². The van der Waals surface area contributed by atoms with Gasteiger partial charge in [0.15, 0.2) is 0 Å². The number of methoxy groups -OCH3 is 3. The maximum atomic E-state index is 14.4.